The zero-order valence-corrected chi connectivity index (χ0v) is 65.6. The first-order valence-corrected chi connectivity index (χ1v) is 39.5. The van der Waals surface area contributed by atoms with E-state index in [0.717, 1.165) is 51.9 Å². The Morgan fingerprint density at radius 1 is 0.708 bits per heavy atom. The number of fused-ring (bicyclic) bond motifs is 9. The number of Topliss-reactive ketones (excluding diaryl/α,β-unsaturated/α-hetero) is 1. The molecule has 12 atom stereocenters. The fourth-order valence-corrected chi connectivity index (χ4v) is 17.0. The lowest BCUT2D eigenvalue weighted by Gasteiger charge is -2.59. The Morgan fingerprint density at radius 3 is 2.13 bits per heavy atom. The van der Waals surface area contributed by atoms with Gasteiger partial charge in [0.15, 0.2) is 23.5 Å². The number of benzene rings is 4. The molecule has 113 heavy (non-hydrogen) atoms. The SMILES string of the molecule is CCCC1O[C@@H]2C[C@H]3C4CCC5=CC(=O)C=C[C@]5(C)[C@H]4C(O)C[C@]3(C)[C@]2(C(=O)COCNC(=O)[C@H](Cc2ccccc2)NC(=O)OCc2ccc(NC(=O)[C@H](CCCNC(N)=O)NC(=O)[C@@H](NC(=O)CCOCCOCCOCCOCCNC(=O)CCC(=O)N3Cc4ccccc4C(C)=Cc4ccccc43)C(C)C)cc2)O1. The lowest BCUT2D eigenvalue weighted by Crippen LogP contribution is -2.63. The number of ketones is 2. The fourth-order valence-electron chi connectivity index (χ4n) is 17.0. The standard InChI is InChI=1S/C85H111N9O19/c1-7-16-75-112-71-48-65-64-29-26-60-47-62(95)32-34-83(60,5)76(64)69(96)49-84(65,6)85(71,113-75)70(97)52-110-53-89-78(101)67(46-56-17-9-8-10-18-56)92-82(105)111-51-57-24-27-61(28-25-57)90-79(102)66(22-15-35-88-81(86)104)91-80(103)77(54(2)3)93-73(99)33-37-106-39-41-108-43-44-109-42-40-107-38-36-87-72(98)30-31-74(100)94-50-59-20-11-13-21-63(59)55(4)45-58-19-12-14-23-68(58)94/h8-14,17-21,23-25,27-28,32,34,45,47,54,64-67,69,71,75-77,96H,7,15-16,22,26,29-31,33,35-44,46,48-53H2,1-6H3,(H,87,98)(H,89,101)(H,90,102)(H,91,103)(H,92,105)(H,93,99)(H3,86,88,104)/t64?,65-,66-,67-,69?,71+,75?,76+,77-,83-,84-,85+/m0/s1. The molecule has 3 unspecified atom stereocenters. The molecule has 0 radical (unpaired) electrons. The van der Waals surface area contributed by atoms with Crippen LogP contribution in [0.5, 0.6) is 0 Å². The third-order valence-electron chi connectivity index (χ3n) is 22.6. The van der Waals surface area contributed by atoms with Crippen LogP contribution in [0.1, 0.15) is 140 Å². The number of nitrogens with one attached hydrogen (secondary N) is 7. The predicted octanol–water partition coefficient (Wildman–Crippen LogP) is 7.83. The maximum absolute atomic E-state index is 14.9. The molecule has 0 aromatic heterocycles. The van der Waals surface area contributed by atoms with Crippen LogP contribution in [0.3, 0.4) is 0 Å². The van der Waals surface area contributed by atoms with E-state index in [0.29, 0.717) is 56.9 Å². The Labute approximate surface area is 660 Å². The molecule has 610 valence electrons. The number of allylic oxidation sites excluding steroid dienone is 5. The predicted molar refractivity (Wildman–Crippen MR) is 420 cm³/mol. The molecule has 10 N–H and O–H groups in total. The van der Waals surface area contributed by atoms with Gasteiger partial charge in [-0.25, -0.2) is 9.59 Å². The Morgan fingerprint density at radius 2 is 1.41 bits per heavy atom. The van der Waals surface area contributed by atoms with Gasteiger partial charge in [0.25, 0.3) is 0 Å². The summed E-state index contributed by atoms with van der Waals surface area (Å²) in [4.78, 5) is 135. The third-order valence-corrected chi connectivity index (χ3v) is 22.6. The van der Waals surface area contributed by atoms with Crippen molar-refractivity contribution in [2.45, 2.75) is 174 Å². The zero-order valence-electron chi connectivity index (χ0n) is 65.6. The highest BCUT2D eigenvalue weighted by molar-refractivity contribution is 6.02. The molecule has 1 saturated heterocycles. The number of hydrogen-bond acceptors (Lipinski definition) is 19. The number of carbonyl (C=O) groups excluding carboxylic acids is 10. The molecule has 0 bridgehead atoms. The van der Waals surface area contributed by atoms with Gasteiger partial charge < -0.3 is 90.9 Å². The monoisotopic (exact) mass is 1560 g/mol. The zero-order chi connectivity index (χ0) is 80.7. The van der Waals surface area contributed by atoms with Crippen molar-refractivity contribution in [3.8, 4) is 0 Å². The second-order valence-electron chi connectivity index (χ2n) is 30.6. The number of nitrogens with two attached hydrogens (primary N) is 1. The van der Waals surface area contributed by atoms with Gasteiger partial charge in [0, 0.05) is 61.2 Å². The number of para-hydroxylation sites is 1. The number of anilines is 2. The van der Waals surface area contributed by atoms with Gasteiger partial charge in [-0.15, -0.1) is 0 Å². The molecule has 3 saturated carbocycles. The number of aliphatic hydroxyl groups excluding tert-OH is 1. The average Bonchev–Trinajstić information content (AvgIpc) is 1.52. The van der Waals surface area contributed by atoms with E-state index < -0.39 is 101 Å². The van der Waals surface area contributed by atoms with E-state index >= 15 is 0 Å². The highest BCUT2D eigenvalue weighted by atomic mass is 16.7. The molecular weight excluding hydrogens is 1450 g/mol. The minimum atomic E-state index is -1.43. The first kappa shape index (κ1) is 85.9. The Bertz CT molecular complexity index is 4080. The van der Waals surface area contributed by atoms with Crippen molar-refractivity contribution in [1.82, 2.24) is 31.9 Å². The quantitative estimate of drug-likeness (QED) is 0.0151. The van der Waals surface area contributed by atoms with Gasteiger partial charge in [-0.1, -0.05) is 138 Å². The number of ether oxygens (including phenoxy) is 8. The number of rotatable bonds is 41. The van der Waals surface area contributed by atoms with Crippen LogP contribution in [0.4, 0.5) is 21.0 Å². The van der Waals surface area contributed by atoms with Crippen LogP contribution in [0.2, 0.25) is 0 Å². The van der Waals surface area contributed by atoms with Crippen LogP contribution in [0.25, 0.3) is 11.6 Å². The van der Waals surface area contributed by atoms with Crippen molar-refractivity contribution < 1.29 is 90.9 Å². The number of hydrogen-bond donors (Lipinski definition) is 9. The van der Waals surface area contributed by atoms with Gasteiger partial charge in [-0.05, 0) is 139 Å². The number of aliphatic hydroxyl groups is 1. The summed E-state index contributed by atoms with van der Waals surface area (Å²) in [7, 11) is 0. The topological polar surface area (TPSA) is 378 Å². The molecule has 28 heteroatoms. The summed E-state index contributed by atoms with van der Waals surface area (Å²) in [5.74, 6) is -3.62. The molecule has 4 aromatic carbocycles. The molecule has 0 spiro atoms. The van der Waals surface area contributed by atoms with E-state index in [2.05, 4.69) is 63.2 Å². The van der Waals surface area contributed by atoms with Gasteiger partial charge in [0.1, 0.15) is 38.1 Å². The van der Waals surface area contributed by atoms with Crippen LogP contribution in [0, 0.1) is 34.5 Å². The molecule has 4 aromatic rings. The first-order chi connectivity index (χ1) is 54.4. The van der Waals surface area contributed by atoms with Crippen LogP contribution >= 0.6 is 0 Å². The minimum Gasteiger partial charge on any atom is -0.445 e. The van der Waals surface area contributed by atoms with Gasteiger partial charge in [-0.3, -0.25) is 38.4 Å². The maximum atomic E-state index is 14.9. The number of amides is 9. The molecule has 2 heterocycles. The fraction of sp³-hybridized carbons (Fsp3) is 0.529. The highest BCUT2D eigenvalue weighted by Gasteiger charge is 2.76. The second-order valence-corrected chi connectivity index (χ2v) is 30.6. The summed E-state index contributed by atoms with van der Waals surface area (Å²) in [5, 5.41) is 31.2. The summed E-state index contributed by atoms with van der Waals surface area (Å²) in [6.07, 6.45) is 8.48. The van der Waals surface area contributed by atoms with Crippen LogP contribution < -0.4 is 47.9 Å². The molecule has 28 nitrogen and oxygen atoms in total. The number of nitrogens with zero attached hydrogens (tertiary/aromatic N) is 1. The number of alkyl carbamates (subject to hydrolysis) is 1. The van der Waals surface area contributed by atoms with Crippen LogP contribution in [0.15, 0.2) is 127 Å². The van der Waals surface area contributed by atoms with Crippen molar-refractivity contribution in [2.75, 3.05) is 89.5 Å². The van der Waals surface area contributed by atoms with Crippen molar-refractivity contribution in [2.24, 2.45) is 40.2 Å². The highest BCUT2D eigenvalue weighted by Crippen LogP contribution is 2.70. The van der Waals surface area contributed by atoms with Crippen molar-refractivity contribution in [3.63, 3.8) is 0 Å². The Balaban J connectivity index is 0.605. The summed E-state index contributed by atoms with van der Waals surface area (Å²) >= 11 is 0. The molecule has 6 aliphatic rings. The number of primary amides is 1. The number of carbonyl (C=O) groups is 10. The number of urea groups is 1. The van der Waals surface area contributed by atoms with Crippen LogP contribution in [-0.4, -0.2) is 186 Å². The summed E-state index contributed by atoms with van der Waals surface area (Å²) in [5.41, 5.74) is 10.1. The minimum absolute atomic E-state index is 0.0262. The van der Waals surface area contributed by atoms with E-state index in [1.165, 1.54) is 0 Å². The van der Waals surface area contributed by atoms with E-state index in [1.54, 1.807) is 67.3 Å². The summed E-state index contributed by atoms with van der Waals surface area (Å²) in [6.45, 7) is 13.4. The van der Waals surface area contributed by atoms with Gasteiger partial charge in [0.2, 0.25) is 35.4 Å². The molecule has 10 rings (SSSR count). The lowest BCUT2D eigenvalue weighted by atomic mass is 9.46. The molecule has 4 aliphatic carbocycles. The normalized spacial score (nSPS) is 23.3. The molecule has 2 aliphatic heterocycles. The van der Waals surface area contributed by atoms with Gasteiger partial charge >= 0.3 is 12.1 Å². The lowest BCUT2D eigenvalue weighted by molar-refractivity contribution is -0.201. The average molecular weight is 1560 g/mol. The van der Waals surface area contributed by atoms with Crippen LogP contribution in [-0.2, 0) is 95.8 Å². The molecule has 4 fully saturated rings. The van der Waals surface area contributed by atoms with Crippen molar-refractivity contribution in [3.05, 3.63) is 155 Å². The smallest absolute Gasteiger partial charge is 0.408 e. The van der Waals surface area contributed by atoms with E-state index in [4.69, 9.17) is 43.6 Å². The molecule has 9 amide bonds. The maximum Gasteiger partial charge on any atom is 0.408 e. The molecular formula is C85H111N9O19. The van der Waals surface area contributed by atoms with Crippen molar-refractivity contribution in [1.29, 1.82) is 0 Å². The van der Waals surface area contributed by atoms with Gasteiger partial charge in [-0.2, -0.15) is 0 Å². The van der Waals surface area contributed by atoms with E-state index in [-0.39, 0.29) is 146 Å². The van der Waals surface area contributed by atoms with E-state index in [1.807, 2.05) is 80.6 Å². The largest absolute Gasteiger partial charge is 0.445 e. The second kappa shape index (κ2) is 41.0. The Hall–Kier alpha value is -9.52. The van der Waals surface area contributed by atoms with Gasteiger partial charge in [0.05, 0.1) is 77.3 Å². The Kier molecular flexibility index (Phi) is 31.2. The van der Waals surface area contributed by atoms with E-state index in [9.17, 15) is 53.1 Å². The van der Waals surface area contributed by atoms with Crippen molar-refractivity contribution >= 4 is 82.2 Å². The summed E-state index contributed by atoms with van der Waals surface area (Å²) in [6, 6.07) is 27.2. The third kappa shape index (κ3) is 22.3. The summed E-state index contributed by atoms with van der Waals surface area (Å²) < 4.78 is 47.3. The first-order valence-electron chi connectivity index (χ1n) is 39.5.